The molecule has 2 aromatic rings. The lowest BCUT2D eigenvalue weighted by molar-refractivity contribution is -0.120. The lowest BCUT2D eigenvalue weighted by Crippen LogP contribution is -2.27. The van der Waals surface area contributed by atoms with Crippen LogP contribution in [0.1, 0.15) is 19.4 Å². The van der Waals surface area contributed by atoms with E-state index in [-0.39, 0.29) is 11.2 Å². The van der Waals surface area contributed by atoms with E-state index in [1.165, 1.54) is 11.8 Å². The molecule has 0 spiro atoms. The zero-order chi connectivity index (χ0) is 15.9. The maximum atomic E-state index is 12.1. The Hall–Kier alpha value is -1.66. The number of pyridine rings is 1. The summed E-state index contributed by atoms with van der Waals surface area (Å²) in [5.41, 5.74) is 4.32. The van der Waals surface area contributed by atoms with Crippen LogP contribution in [0.2, 0.25) is 0 Å². The van der Waals surface area contributed by atoms with Crippen LogP contribution in [0.25, 0.3) is 0 Å². The van der Waals surface area contributed by atoms with E-state index in [9.17, 15) is 4.79 Å². The third kappa shape index (κ3) is 4.96. The molecule has 2 rings (SSSR count). The van der Waals surface area contributed by atoms with Crippen molar-refractivity contribution in [1.29, 1.82) is 0 Å². The van der Waals surface area contributed by atoms with Crippen molar-refractivity contribution >= 4 is 39.3 Å². The van der Waals surface area contributed by atoms with Gasteiger partial charge in [0.2, 0.25) is 0 Å². The molecule has 114 valence electrons. The molecule has 22 heavy (non-hydrogen) atoms. The van der Waals surface area contributed by atoms with E-state index in [0.717, 1.165) is 20.8 Å². The van der Waals surface area contributed by atoms with Crippen LogP contribution in [0.15, 0.2) is 63.3 Å². The Balaban J connectivity index is 1.95. The van der Waals surface area contributed by atoms with Gasteiger partial charge in [0.1, 0.15) is 0 Å². The third-order valence-electron chi connectivity index (χ3n) is 2.88. The van der Waals surface area contributed by atoms with Crippen LogP contribution < -0.4 is 5.43 Å². The summed E-state index contributed by atoms with van der Waals surface area (Å²) < 4.78 is 0.977. The average Bonchev–Trinajstić information content (AvgIpc) is 2.53. The maximum absolute atomic E-state index is 12.1. The molecule has 0 unspecified atom stereocenters. The SMILES string of the molecule is C/C(=N/NC(=O)[C@@H](C)Sc1ccccn1)c1cccc(Br)c1. The molecule has 0 aliphatic carbocycles. The normalized spacial score (nSPS) is 12.8. The van der Waals surface area contributed by atoms with Gasteiger partial charge in [-0.15, -0.1) is 0 Å². The standard InChI is InChI=1S/C16H16BrN3OS/c1-11(13-6-5-7-14(17)10-13)19-20-16(21)12(2)22-15-8-3-4-9-18-15/h3-10,12H,1-2H3,(H,20,21)/b19-11-/t12-/m1/s1. The molecular weight excluding hydrogens is 362 g/mol. The van der Waals surface area contributed by atoms with Gasteiger partial charge in [-0.25, -0.2) is 10.4 Å². The highest BCUT2D eigenvalue weighted by molar-refractivity contribution is 9.10. The highest BCUT2D eigenvalue weighted by Gasteiger charge is 2.14. The van der Waals surface area contributed by atoms with E-state index < -0.39 is 0 Å². The Morgan fingerprint density at radius 2 is 2.14 bits per heavy atom. The fourth-order valence-corrected chi connectivity index (χ4v) is 2.86. The summed E-state index contributed by atoms with van der Waals surface area (Å²) in [6.45, 7) is 3.69. The fraction of sp³-hybridized carbons (Fsp3) is 0.188. The number of thioether (sulfide) groups is 1. The van der Waals surface area contributed by atoms with Crippen LogP contribution in [-0.2, 0) is 4.79 Å². The number of nitrogens with one attached hydrogen (secondary N) is 1. The summed E-state index contributed by atoms with van der Waals surface area (Å²) in [5, 5.41) is 4.71. The minimum atomic E-state index is -0.269. The number of carbonyl (C=O) groups excluding carboxylic acids is 1. The van der Waals surface area contributed by atoms with Gasteiger partial charge in [0.15, 0.2) is 0 Å². The molecule has 0 bridgehead atoms. The van der Waals surface area contributed by atoms with E-state index >= 15 is 0 Å². The number of rotatable bonds is 5. The maximum Gasteiger partial charge on any atom is 0.253 e. The Bertz CT molecular complexity index is 676. The lowest BCUT2D eigenvalue weighted by Gasteiger charge is -2.09. The number of hydrazone groups is 1. The van der Waals surface area contributed by atoms with Gasteiger partial charge < -0.3 is 0 Å². The van der Waals surface area contributed by atoms with Crippen molar-refractivity contribution in [1.82, 2.24) is 10.4 Å². The van der Waals surface area contributed by atoms with Crippen LogP contribution in [0.3, 0.4) is 0 Å². The molecule has 1 amide bonds. The monoisotopic (exact) mass is 377 g/mol. The van der Waals surface area contributed by atoms with Crippen molar-refractivity contribution < 1.29 is 4.79 Å². The van der Waals surface area contributed by atoms with Crippen molar-refractivity contribution in [2.45, 2.75) is 24.1 Å². The molecule has 1 N–H and O–H groups in total. The lowest BCUT2D eigenvalue weighted by atomic mass is 10.1. The molecule has 0 fully saturated rings. The number of hydrogen-bond donors (Lipinski definition) is 1. The Kier molecular flexibility index (Phi) is 6.15. The molecular formula is C16H16BrN3OS. The van der Waals surface area contributed by atoms with Gasteiger partial charge >= 0.3 is 0 Å². The van der Waals surface area contributed by atoms with Crippen molar-refractivity contribution in [2.24, 2.45) is 5.10 Å². The molecule has 1 atom stereocenters. The van der Waals surface area contributed by atoms with Crippen LogP contribution in [0.4, 0.5) is 0 Å². The van der Waals surface area contributed by atoms with Gasteiger partial charge in [-0.05, 0) is 43.7 Å². The van der Waals surface area contributed by atoms with E-state index in [4.69, 9.17) is 0 Å². The van der Waals surface area contributed by atoms with E-state index in [1.54, 1.807) is 6.20 Å². The molecule has 0 aliphatic heterocycles. The molecule has 0 aliphatic rings. The molecule has 1 aromatic heterocycles. The van der Waals surface area contributed by atoms with E-state index in [1.807, 2.05) is 56.3 Å². The first kappa shape index (κ1) is 16.7. The molecule has 0 saturated heterocycles. The van der Waals surface area contributed by atoms with Gasteiger partial charge in [0.05, 0.1) is 16.0 Å². The molecule has 1 aromatic carbocycles. The second-order valence-electron chi connectivity index (χ2n) is 4.61. The van der Waals surface area contributed by atoms with Gasteiger partial charge in [-0.2, -0.15) is 5.10 Å². The largest absolute Gasteiger partial charge is 0.272 e. The molecule has 1 heterocycles. The fourth-order valence-electron chi connectivity index (χ4n) is 1.66. The summed E-state index contributed by atoms with van der Waals surface area (Å²) in [7, 11) is 0. The minimum absolute atomic E-state index is 0.148. The van der Waals surface area contributed by atoms with E-state index in [2.05, 4.69) is 31.4 Å². The number of nitrogens with zero attached hydrogens (tertiary/aromatic N) is 2. The number of halogens is 1. The summed E-state index contributed by atoms with van der Waals surface area (Å²) in [6.07, 6.45) is 1.71. The summed E-state index contributed by atoms with van der Waals surface area (Å²) >= 11 is 4.82. The van der Waals surface area contributed by atoms with Crippen molar-refractivity contribution in [3.8, 4) is 0 Å². The Morgan fingerprint density at radius 3 is 2.82 bits per heavy atom. The van der Waals surface area contributed by atoms with Crippen LogP contribution in [-0.4, -0.2) is 21.9 Å². The number of carbonyl (C=O) groups is 1. The number of benzene rings is 1. The quantitative estimate of drug-likeness (QED) is 0.488. The predicted octanol–water partition coefficient (Wildman–Crippen LogP) is 3.87. The van der Waals surface area contributed by atoms with Gasteiger partial charge in [-0.3, -0.25) is 4.79 Å². The first-order chi connectivity index (χ1) is 10.6. The average molecular weight is 378 g/mol. The van der Waals surface area contributed by atoms with Gasteiger partial charge in [0.25, 0.3) is 5.91 Å². The number of aromatic nitrogens is 1. The topological polar surface area (TPSA) is 54.4 Å². The highest BCUT2D eigenvalue weighted by Crippen LogP contribution is 2.20. The molecule has 4 nitrogen and oxygen atoms in total. The number of hydrogen-bond acceptors (Lipinski definition) is 4. The third-order valence-corrected chi connectivity index (χ3v) is 4.42. The summed E-state index contributed by atoms with van der Waals surface area (Å²) in [4.78, 5) is 16.3. The second kappa shape index (κ2) is 8.10. The number of amides is 1. The van der Waals surface area contributed by atoms with Crippen LogP contribution >= 0.6 is 27.7 Å². The van der Waals surface area contributed by atoms with Crippen molar-refractivity contribution in [2.75, 3.05) is 0 Å². The van der Waals surface area contributed by atoms with Crippen molar-refractivity contribution in [3.63, 3.8) is 0 Å². The van der Waals surface area contributed by atoms with Crippen LogP contribution in [0, 0.1) is 0 Å². The summed E-state index contributed by atoms with van der Waals surface area (Å²) in [5.74, 6) is -0.148. The Morgan fingerprint density at radius 1 is 1.32 bits per heavy atom. The molecule has 0 saturated carbocycles. The van der Waals surface area contributed by atoms with E-state index in [0.29, 0.717) is 0 Å². The second-order valence-corrected chi connectivity index (χ2v) is 6.89. The summed E-state index contributed by atoms with van der Waals surface area (Å²) in [6, 6.07) is 13.4. The highest BCUT2D eigenvalue weighted by atomic mass is 79.9. The zero-order valence-corrected chi connectivity index (χ0v) is 14.7. The van der Waals surface area contributed by atoms with Crippen molar-refractivity contribution in [3.05, 3.63) is 58.7 Å². The molecule has 0 radical (unpaired) electrons. The van der Waals surface area contributed by atoms with Crippen LogP contribution in [0.5, 0.6) is 0 Å². The predicted molar refractivity (Wildman–Crippen MR) is 94.1 cm³/mol. The van der Waals surface area contributed by atoms with Gasteiger partial charge in [-0.1, -0.05) is 45.9 Å². The first-order valence-corrected chi connectivity index (χ1v) is 8.41. The first-order valence-electron chi connectivity index (χ1n) is 6.74. The minimum Gasteiger partial charge on any atom is -0.272 e. The Labute approximate surface area is 142 Å². The molecule has 6 heteroatoms. The smallest absolute Gasteiger partial charge is 0.253 e. The van der Waals surface area contributed by atoms with Gasteiger partial charge in [0, 0.05) is 10.7 Å². The zero-order valence-electron chi connectivity index (χ0n) is 12.3.